The van der Waals surface area contributed by atoms with Gasteiger partial charge in [-0.05, 0) is 38.3 Å². The Morgan fingerprint density at radius 3 is 2.84 bits per heavy atom. The van der Waals surface area contributed by atoms with E-state index in [1.165, 1.54) is 5.69 Å². The average Bonchev–Trinajstić information content (AvgIpc) is 3.12. The first kappa shape index (κ1) is 12.7. The summed E-state index contributed by atoms with van der Waals surface area (Å²) in [7, 11) is 0. The Kier molecular flexibility index (Phi) is 3.31. The van der Waals surface area contributed by atoms with Crippen molar-refractivity contribution in [3.63, 3.8) is 0 Å². The summed E-state index contributed by atoms with van der Waals surface area (Å²) in [5.41, 5.74) is 1.33. The van der Waals surface area contributed by atoms with E-state index in [-0.39, 0.29) is 11.5 Å². The molecule has 0 aromatic carbocycles. The molecule has 3 heterocycles. The number of hydrogen-bond acceptors (Lipinski definition) is 3. The van der Waals surface area contributed by atoms with Gasteiger partial charge in [0.1, 0.15) is 0 Å². The minimum absolute atomic E-state index is 0.0662. The zero-order valence-corrected chi connectivity index (χ0v) is 11.5. The SMILES string of the molecule is CC1(c2ccn[nH]2)CCN(C(=O)[C@H]2CCCN2)CC1. The third-order valence-corrected chi connectivity index (χ3v) is 4.69. The van der Waals surface area contributed by atoms with Crippen LogP contribution in [-0.2, 0) is 10.2 Å². The third-order valence-electron chi connectivity index (χ3n) is 4.69. The van der Waals surface area contributed by atoms with E-state index in [0.717, 1.165) is 45.3 Å². The van der Waals surface area contributed by atoms with Crippen LogP contribution in [0.15, 0.2) is 12.3 Å². The van der Waals surface area contributed by atoms with E-state index in [1.54, 1.807) is 6.20 Å². The lowest BCUT2D eigenvalue weighted by Gasteiger charge is -2.39. The van der Waals surface area contributed by atoms with E-state index in [1.807, 2.05) is 4.90 Å². The number of piperidine rings is 1. The van der Waals surface area contributed by atoms with Gasteiger partial charge in [0.25, 0.3) is 0 Å². The van der Waals surface area contributed by atoms with Gasteiger partial charge in [-0.1, -0.05) is 6.92 Å². The summed E-state index contributed by atoms with van der Waals surface area (Å²) in [5, 5.41) is 10.4. The Hall–Kier alpha value is -1.36. The lowest BCUT2D eigenvalue weighted by Crippen LogP contribution is -2.49. The molecule has 2 saturated heterocycles. The van der Waals surface area contributed by atoms with Crippen LogP contribution < -0.4 is 5.32 Å². The molecule has 0 unspecified atom stereocenters. The Labute approximate surface area is 113 Å². The van der Waals surface area contributed by atoms with Crippen LogP contribution in [0.5, 0.6) is 0 Å². The fourth-order valence-corrected chi connectivity index (χ4v) is 3.20. The Balaban J connectivity index is 1.61. The molecule has 5 nitrogen and oxygen atoms in total. The first-order valence-corrected chi connectivity index (χ1v) is 7.21. The normalized spacial score (nSPS) is 26.6. The third kappa shape index (κ3) is 2.39. The highest BCUT2D eigenvalue weighted by Crippen LogP contribution is 2.33. The van der Waals surface area contributed by atoms with Crippen LogP contribution in [-0.4, -0.2) is 46.7 Å². The first-order valence-electron chi connectivity index (χ1n) is 7.21. The zero-order valence-electron chi connectivity index (χ0n) is 11.5. The van der Waals surface area contributed by atoms with Gasteiger partial charge in [0.15, 0.2) is 0 Å². The maximum Gasteiger partial charge on any atom is 0.239 e. The second-order valence-electron chi connectivity index (χ2n) is 6.01. The van der Waals surface area contributed by atoms with Crippen LogP contribution in [0.3, 0.4) is 0 Å². The predicted molar refractivity (Wildman–Crippen MR) is 72.8 cm³/mol. The highest BCUT2D eigenvalue weighted by Gasteiger charge is 2.36. The number of H-pyrrole nitrogens is 1. The zero-order chi connectivity index (χ0) is 13.3. The molecule has 2 fully saturated rings. The van der Waals surface area contributed by atoms with Crippen molar-refractivity contribution < 1.29 is 4.79 Å². The Morgan fingerprint density at radius 1 is 1.47 bits per heavy atom. The molecule has 0 spiro atoms. The quantitative estimate of drug-likeness (QED) is 0.837. The smallest absolute Gasteiger partial charge is 0.239 e. The lowest BCUT2D eigenvalue weighted by atomic mass is 9.77. The van der Waals surface area contributed by atoms with Crippen LogP contribution in [0.2, 0.25) is 0 Å². The average molecular weight is 262 g/mol. The van der Waals surface area contributed by atoms with Gasteiger partial charge < -0.3 is 10.2 Å². The number of likely N-dealkylation sites (tertiary alicyclic amines) is 1. The molecule has 2 aliphatic heterocycles. The van der Waals surface area contributed by atoms with Crippen molar-refractivity contribution in [3.8, 4) is 0 Å². The van der Waals surface area contributed by atoms with Gasteiger partial charge >= 0.3 is 0 Å². The molecule has 2 N–H and O–H groups in total. The molecule has 1 aromatic rings. The van der Waals surface area contributed by atoms with Crippen molar-refractivity contribution >= 4 is 5.91 Å². The molecule has 2 aliphatic rings. The predicted octanol–water partition coefficient (Wildman–Crippen LogP) is 1.04. The second-order valence-corrected chi connectivity index (χ2v) is 6.01. The minimum Gasteiger partial charge on any atom is -0.341 e. The van der Waals surface area contributed by atoms with Gasteiger partial charge in [-0.15, -0.1) is 0 Å². The number of nitrogens with zero attached hydrogens (tertiary/aromatic N) is 2. The molecule has 1 atom stereocenters. The van der Waals surface area contributed by atoms with Gasteiger partial charge in [0.2, 0.25) is 5.91 Å². The van der Waals surface area contributed by atoms with Crippen molar-refractivity contribution in [2.24, 2.45) is 0 Å². The van der Waals surface area contributed by atoms with Crippen molar-refractivity contribution in [2.45, 2.75) is 44.1 Å². The number of rotatable bonds is 2. The largest absolute Gasteiger partial charge is 0.341 e. The number of aromatic amines is 1. The molecule has 1 aromatic heterocycles. The van der Waals surface area contributed by atoms with Gasteiger partial charge in [0, 0.05) is 30.4 Å². The molecule has 0 radical (unpaired) electrons. The molecule has 19 heavy (non-hydrogen) atoms. The van der Waals surface area contributed by atoms with E-state index in [9.17, 15) is 4.79 Å². The summed E-state index contributed by atoms with van der Waals surface area (Å²) >= 11 is 0. The number of nitrogens with one attached hydrogen (secondary N) is 2. The fraction of sp³-hybridized carbons (Fsp3) is 0.714. The maximum absolute atomic E-state index is 12.3. The van der Waals surface area contributed by atoms with Crippen molar-refractivity contribution in [1.82, 2.24) is 20.4 Å². The number of hydrogen-bond donors (Lipinski definition) is 2. The summed E-state index contributed by atoms with van der Waals surface area (Å²) < 4.78 is 0. The molecule has 3 rings (SSSR count). The summed E-state index contributed by atoms with van der Waals surface area (Å²) in [6, 6.07) is 2.12. The highest BCUT2D eigenvalue weighted by molar-refractivity contribution is 5.82. The van der Waals surface area contributed by atoms with Gasteiger partial charge in [0.05, 0.1) is 6.04 Å². The van der Waals surface area contributed by atoms with Crippen LogP contribution in [0.25, 0.3) is 0 Å². The standard InChI is InChI=1S/C14H22N4O/c1-14(12-4-8-16-17-12)5-9-18(10-6-14)13(19)11-3-2-7-15-11/h4,8,11,15H,2-3,5-7,9-10H2,1H3,(H,16,17)/t11-/m1/s1. The summed E-state index contributed by atoms with van der Waals surface area (Å²) in [6.07, 6.45) is 5.94. The van der Waals surface area contributed by atoms with E-state index >= 15 is 0 Å². The topological polar surface area (TPSA) is 61.0 Å². The van der Waals surface area contributed by atoms with Crippen LogP contribution >= 0.6 is 0 Å². The molecule has 0 bridgehead atoms. The summed E-state index contributed by atoms with van der Waals surface area (Å²) in [5.74, 6) is 0.296. The molecule has 104 valence electrons. The van der Waals surface area contributed by atoms with Crippen molar-refractivity contribution in [2.75, 3.05) is 19.6 Å². The molecule has 5 heteroatoms. The Morgan fingerprint density at radius 2 is 2.26 bits per heavy atom. The number of amides is 1. The molecular formula is C14H22N4O. The number of carbonyl (C=O) groups excluding carboxylic acids is 1. The van der Waals surface area contributed by atoms with Gasteiger partial charge in [-0.25, -0.2) is 0 Å². The number of aromatic nitrogens is 2. The van der Waals surface area contributed by atoms with E-state index < -0.39 is 0 Å². The minimum atomic E-state index is 0.0662. The molecule has 0 aliphatic carbocycles. The van der Waals surface area contributed by atoms with Crippen LogP contribution in [0.4, 0.5) is 0 Å². The first-order chi connectivity index (χ1) is 9.19. The van der Waals surface area contributed by atoms with Crippen LogP contribution in [0.1, 0.15) is 38.3 Å². The van der Waals surface area contributed by atoms with Crippen LogP contribution in [0, 0.1) is 0 Å². The lowest BCUT2D eigenvalue weighted by molar-refractivity contribution is -0.134. The van der Waals surface area contributed by atoms with E-state index in [0.29, 0.717) is 5.91 Å². The van der Waals surface area contributed by atoms with Crippen molar-refractivity contribution in [1.29, 1.82) is 0 Å². The summed E-state index contributed by atoms with van der Waals surface area (Å²) in [6.45, 7) is 4.95. The van der Waals surface area contributed by atoms with Gasteiger partial charge in [-0.2, -0.15) is 5.10 Å². The molecule has 1 amide bonds. The van der Waals surface area contributed by atoms with E-state index in [2.05, 4.69) is 28.5 Å². The van der Waals surface area contributed by atoms with E-state index in [4.69, 9.17) is 0 Å². The highest BCUT2D eigenvalue weighted by atomic mass is 16.2. The Bertz CT molecular complexity index is 428. The second kappa shape index (κ2) is 4.96. The van der Waals surface area contributed by atoms with Crippen molar-refractivity contribution in [3.05, 3.63) is 18.0 Å². The number of carbonyl (C=O) groups is 1. The monoisotopic (exact) mass is 262 g/mol. The fourth-order valence-electron chi connectivity index (χ4n) is 3.20. The summed E-state index contributed by atoms with van der Waals surface area (Å²) in [4.78, 5) is 14.4. The molecule has 0 saturated carbocycles. The van der Waals surface area contributed by atoms with Gasteiger partial charge in [-0.3, -0.25) is 9.89 Å². The maximum atomic E-state index is 12.3. The molecular weight excluding hydrogens is 240 g/mol.